The van der Waals surface area contributed by atoms with Gasteiger partial charge in [-0.05, 0) is 13.8 Å². The van der Waals surface area contributed by atoms with Crippen molar-refractivity contribution in [2.24, 2.45) is 0 Å². The summed E-state index contributed by atoms with van der Waals surface area (Å²) >= 11 is 0. The van der Waals surface area contributed by atoms with Gasteiger partial charge in [0.05, 0.1) is 12.6 Å². The van der Waals surface area contributed by atoms with Gasteiger partial charge < -0.3 is 20.5 Å². The summed E-state index contributed by atoms with van der Waals surface area (Å²) in [5.41, 5.74) is 0. The molecular formula is C8H16N2O4. The number of urea groups is 1. The summed E-state index contributed by atoms with van der Waals surface area (Å²) in [5.74, 6) is -1.07. The van der Waals surface area contributed by atoms with Crippen LogP contribution in [0.4, 0.5) is 4.79 Å². The van der Waals surface area contributed by atoms with E-state index in [0.717, 1.165) is 0 Å². The number of rotatable bonds is 5. The van der Waals surface area contributed by atoms with Gasteiger partial charge in [-0.3, -0.25) is 4.79 Å². The average molecular weight is 204 g/mol. The Morgan fingerprint density at radius 3 is 2.36 bits per heavy atom. The summed E-state index contributed by atoms with van der Waals surface area (Å²) in [6.45, 7) is 3.53. The smallest absolute Gasteiger partial charge is 0.325 e. The highest BCUT2D eigenvalue weighted by atomic mass is 16.5. The SMILES string of the molecule is COCC(C)NC(=O)NC(C)C(=O)O. The van der Waals surface area contributed by atoms with Gasteiger partial charge >= 0.3 is 12.0 Å². The molecule has 6 nitrogen and oxygen atoms in total. The minimum absolute atomic E-state index is 0.152. The van der Waals surface area contributed by atoms with E-state index < -0.39 is 18.0 Å². The third-order valence-electron chi connectivity index (χ3n) is 1.51. The molecule has 0 aliphatic rings. The van der Waals surface area contributed by atoms with Crippen molar-refractivity contribution in [2.75, 3.05) is 13.7 Å². The molecule has 0 aromatic carbocycles. The number of carbonyl (C=O) groups is 2. The van der Waals surface area contributed by atoms with E-state index in [4.69, 9.17) is 9.84 Å². The monoisotopic (exact) mass is 204 g/mol. The van der Waals surface area contributed by atoms with Crippen molar-refractivity contribution in [1.29, 1.82) is 0 Å². The molecule has 0 aromatic heterocycles. The molecule has 0 saturated heterocycles. The first-order chi connectivity index (χ1) is 6.47. The van der Waals surface area contributed by atoms with Crippen molar-refractivity contribution in [3.05, 3.63) is 0 Å². The molecule has 0 saturated carbocycles. The summed E-state index contributed by atoms with van der Waals surface area (Å²) < 4.78 is 4.80. The van der Waals surface area contributed by atoms with Crippen LogP contribution in [-0.4, -0.2) is 42.9 Å². The average Bonchev–Trinajstić information content (AvgIpc) is 2.03. The predicted octanol–water partition coefficient (Wildman–Crippen LogP) is -0.206. The van der Waals surface area contributed by atoms with E-state index in [1.165, 1.54) is 14.0 Å². The third-order valence-corrected chi connectivity index (χ3v) is 1.51. The fourth-order valence-electron chi connectivity index (χ4n) is 0.816. The van der Waals surface area contributed by atoms with Crippen LogP contribution in [0.25, 0.3) is 0 Å². The lowest BCUT2D eigenvalue weighted by Crippen LogP contribution is -2.48. The predicted molar refractivity (Wildman–Crippen MR) is 50.1 cm³/mol. The lowest BCUT2D eigenvalue weighted by Gasteiger charge is -2.15. The van der Waals surface area contributed by atoms with Crippen molar-refractivity contribution in [3.63, 3.8) is 0 Å². The highest BCUT2D eigenvalue weighted by Gasteiger charge is 2.14. The van der Waals surface area contributed by atoms with E-state index in [1.807, 2.05) is 0 Å². The third kappa shape index (κ3) is 5.36. The van der Waals surface area contributed by atoms with E-state index in [9.17, 15) is 9.59 Å². The van der Waals surface area contributed by atoms with Crippen LogP contribution >= 0.6 is 0 Å². The van der Waals surface area contributed by atoms with Crippen molar-refractivity contribution in [2.45, 2.75) is 25.9 Å². The first kappa shape index (κ1) is 12.7. The van der Waals surface area contributed by atoms with Crippen LogP contribution in [-0.2, 0) is 9.53 Å². The molecule has 0 bridgehead atoms. The second-order valence-corrected chi connectivity index (χ2v) is 3.03. The number of hydrogen-bond donors (Lipinski definition) is 3. The fraction of sp³-hybridized carbons (Fsp3) is 0.750. The van der Waals surface area contributed by atoms with Gasteiger partial charge in [0.1, 0.15) is 6.04 Å². The van der Waals surface area contributed by atoms with Gasteiger partial charge in [0.15, 0.2) is 0 Å². The summed E-state index contributed by atoms with van der Waals surface area (Å²) in [6.07, 6.45) is 0. The van der Waals surface area contributed by atoms with Gasteiger partial charge in [-0.2, -0.15) is 0 Å². The Labute approximate surface area is 82.6 Å². The fourth-order valence-corrected chi connectivity index (χ4v) is 0.816. The minimum Gasteiger partial charge on any atom is -0.480 e. The topological polar surface area (TPSA) is 87.7 Å². The zero-order valence-electron chi connectivity index (χ0n) is 8.53. The van der Waals surface area contributed by atoms with Gasteiger partial charge in [-0.25, -0.2) is 4.79 Å². The number of carboxylic acids is 1. The van der Waals surface area contributed by atoms with E-state index in [-0.39, 0.29) is 6.04 Å². The van der Waals surface area contributed by atoms with Crippen molar-refractivity contribution in [3.8, 4) is 0 Å². The largest absolute Gasteiger partial charge is 0.480 e. The van der Waals surface area contributed by atoms with Gasteiger partial charge in [-0.15, -0.1) is 0 Å². The van der Waals surface area contributed by atoms with Crippen LogP contribution in [0.5, 0.6) is 0 Å². The van der Waals surface area contributed by atoms with Crippen LogP contribution in [0.3, 0.4) is 0 Å². The number of carbonyl (C=O) groups excluding carboxylic acids is 1. The molecule has 14 heavy (non-hydrogen) atoms. The number of aliphatic carboxylic acids is 1. The zero-order valence-corrected chi connectivity index (χ0v) is 8.53. The van der Waals surface area contributed by atoms with Crippen molar-refractivity contribution in [1.82, 2.24) is 10.6 Å². The standard InChI is InChI=1S/C8H16N2O4/c1-5(4-14-3)9-8(13)10-6(2)7(11)12/h5-6H,4H2,1-3H3,(H,11,12)(H2,9,10,13). The maximum Gasteiger partial charge on any atom is 0.325 e. The van der Waals surface area contributed by atoms with Crippen molar-refractivity contribution < 1.29 is 19.4 Å². The maximum absolute atomic E-state index is 11.1. The molecule has 0 radical (unpaired) electrons. The molecule has 0 aromatic rings. The number of methoxy groups -OCH3 is 1. The minimum atomic E-state index is -1.07. The Bertz CT molecular complexity index is 208. The molecule has 0 aliphatic heterocycles. The molecule has 2 amide bonds. The molecule has 6 heteroatoms. The number of amides is 2. The molecule has 0 fully saturated rings. The second kappa shape index (κ2) is 6.20. The quantitative estimate of drug-likeness (QED) is 0.578. The Hall–Kier alpha value is -1.30. The molecule has 2 unspecified atom stereocenters. The van der Waals surface area contributed by atoms with E-state index in [0.29, 0.717) is 6.61 Å². The van der Waals surface area contributed by atoms with Crippen LogP contribution in [0.2, 0.25) is 0 Å². The van der Waals surface area contributed by atoms with Crippen molar-refractivity contribution >= 4 is 12.0 Å². The molecule has 3 N–H and O–H groups in total. The second-order valence-electron chi connectivity index (χ2n) is 3.03. The first-order valence-electron chi connectivity index (χ1n) is 4.26. The van der Waals surface area contributed by atoms with Gasteiger partial charge in [0.25, 0.3) is 0 Å². The van der Waals surface area contributed by atoms with E-state index in [2.05, 4.69) is 10.6 Å². The Morgan fingerprint density at radius 2 is 1.93 bits per heavy atom. The number of carboxylic acid groups (broad SMARTS) is 1. The normalized spacial score (nSPS) is 14.2. The highest BCUT2D eigenvalue weighted by Crippen LogP contribution is 1.85. The number of hydrogen-bond acceptors (Lipinski definition) is 3. The molecule has 0 aliphatic carbocycles. The van der Waals surface area contributed by atoms with Crippen LogP contribution in [0.15, 0.2) is 0 Å². The summed E-state index contributed by atoms with van der Waals surface area (Å²) in [7, 11) is 1.52. The number of nitrogens with one attached hydrogen (secondary N) is 2. The van der Waals surface area contributed by atoms with E-state index >= 15 is 0 Å². The van der Waals surface area contributed by atoms with Gasteiger partial charge in [-0.1, -0.05) is 0 Å². The van der Waals surface area contributed by atoms with E-state index in [1.54, 1.807) is 6.92 Å². The lowest BCUT2D eigenvalue weighted by molar-refractivity contribution is -0.138. The summed E-state index contributed by atoms with van der Waals surface area (Å²) in [4.78, 5) is 21.5. The molecule has 82 valence electrons. The molecular weight excluding hydrogens is 188 g/mol. The van der Waals surface area contributed by atoms with Crippen LogP contribution in [0, 0.1) is 0 Å². The van der Waals surface area contributed by atoms with Gasteiger partial charge in [0.2, 0.25) is 0 Å². The highest BCUT2D eigenvalue weighted by molar-refractivity contribution is 5.82. The molecule has 0 heterocycles. The Morgan fingerprint density at radius 1 is 1.36 bits per heavy atom. The Balaban J connectivity index is 3.80. The summed E-state index contributed by atoms with van der Waals surface area (Å²) in [5, 5.41) is 13.3. The molecule has 2 atom stereocenters. The van der Waals surface area contributed by atoms with Gasteiger partial charge in [0, 0.05) is 7.11 Å². The zero-order chi connectivity index (χ0) is 11.1. The summed E-state index contributed by atoms with van der Waals surface area (Å²) in [6, 6.07) is -1.56. The maximum atomic E-state index is 11.1. The molecule has 0 rings (SSSR count). The van der Waals surface area contributed by atoms with Crippen LogP contribution in [0.1, 0.15) is 13.8 Å². The molecule has 0 spiro atoms. The Kier molecular flexibility index (Phi) is 5.62. The lowest BCUT2D eigenvalue weighted by atomic mass is 10.3. The first-order valence-corrected chi connectivity index (χ1v) is 4.26. The van der Waals surface area contributed by atoms with Crippen LogP contribution < -0.4 is 10.6 Å². The number of ether oxygens (including phenoxy) is 1.